The van der Waals surface area contributed by atoms with Crippen LogP contribution < -0.4 is 0 Å². The van der Waals surface area contributed by atoms with Crippen LogP contribution in [0.5, 0.6) is 0 Å². The van der Waals surface area contributed by atoms with Gasteiger partial charge in [-0.3, -0.25) is 4.85 Å². The highest BCUT2D eigenvalue weighted by Gasteiger charge is 2.05. The minimum Gasteiger partial charge on any atom is -0.250 e. The lowest BCUT2D eigenvalue weighted by atomic mass is 10.1. The summed E-state index contributed by atoms with van der Waals surface area (Å²) in [6, 6.07) is 3.66. The van der Waals surface area contributed by atoms with Gasteiger partial charge in [0.05, 0.1) is 13.1 Å². The molecule has 1 aromatic carbocycles. The minimum atomic E-state index is 0.461. The molecule has 0 bridgehead atoms. The summed E-state index contributed by atoms with van der Waals surface area (Å²) in [5, 5.41) is 0. The van der Waals surface area contributed by atoms with Gasteiger partial charge in [-0.15, -0.1) is 0 Å². The molecule has 0 saturated carbocycles. The number of nitrogens with zero attached hydrogens (tertiary/aromatic N) is 2. The van der Waals surface area contributed by atoms with Crippen molar-refractivity contribution in [2.45, 2.75) is 13.8 Å². The summed E-state index contributed by atoms with van der Waals surface area (Å²) in [4.78, 5) is 6.62. The average Bonchev–Trinajstić information content (AvgIpc) is 2.03. The Hall–Kier alpha value is -1.80. The fourth-order valence-corrected chi connectivity index (χ4v) is 1.17. The average molecular weight is 156 g/mol. The van der Waals surface area contributed by atoms with Crippen molar-refractivity contribution >= 4 is 11.4 Å². The largest absolute Gasteiger partial charge is 0.250 e. The van der Waals surface area contributed by atoms with E-state index in [0.717, 1.165) is 11.1 Å². The monoisotopic (exact) mass is 156 g/mol. The molecule has 0 unspecified atom stereocenters. The summed E-state index contributed by atoms with van der Waals surface area (Å²) in [5.41, 5.74) is 2.86. The standard InChI is InChI=1S/C10H8N2/c1-7-5-8(2)10(12-4)9(6-7)11-3/h5-6H,1-2H3. The van der Waals surface area contributed by atoms with Gasteiger partial charge in [0.25, 0.3) is 0 Å². The molecule has 0 aromatic heterocycles. The van der Waals surface area contributed by atoms with Crippen LogP contribution in [0.2, 0.25) is 0 Å². The van der Waals surface area contributed by atoms with Gasteiger partial charge in [0.2, 0.25) is 0 Å². The van der Waals surface area contributed by atoms with Gasteiger partial charge >= 0.3 is 0 Å². The quantitative estimate of drug-likeness (QED) is 0.509. The summed E-state index contributed by atoms with van der Waals surface area (Å²) in [6.07, 6.45) is 0. The third kappa shape index (κ3) is 1.28. The van der Waals surface area contributed by atoms with Crippen molar-refractivity contribution in [1.82, 2.24) is 0 Å². The second-order valence-electron chi connectivity index (χ2n) is 2.67. The molecule has 0 fully saturated rings. The Kier molecular flexibility index (Phi) is 2.12. The summed E-state index contributed by atoms with van der Waals surface area (Å²) in [5.74, 6) is 0. The van der Waals surface area contributed by atoms with Gasteiger partial charge in [0.1, 0.15) is 0 Å². The molecule has 2 heteroatoms. The Bertz CT molecular complexity index is 392. The van der Waals surface area contributed by atoms with E-state index in [1.807, 2.05) is 19.9 Å². The van der Waals surface area contributed by atoms with Crippen LogP contribution in [0.4, 0.5) is 11.4 Å². The molecule has 0 heterocycles. The Balaban J connectivity index is 3.50. The third-order valence-corrected chi connectivity index (χ3v) is 1.66. The first-order valence-corrected chi connectivity index (χ1v) is 3.55. The molecule has 1 aromatic rings. The van der Waals surface area contributed by atoms with Crippen molar-refractivity contribution in [2.24, 2.45) is 0 Å². The summed E-state index contributed by atoms with van der Waals surface area (Å²) < 4.78 is 0. The molecule has 0 aliphatic rings. The first-order chi connectivity index (χ1) is 5.69. The lowest BCUT2D eigenvalue weighted by Crippen LogP contribution is -1.76. The van der Waals surface area contributed by atoms with E-state index in [1.165, 1.54) is 0 Å². The van der Waals surface area contributed by atoms with Crippen molar-refractivity contribution in [3.05, 3.63) is 46.1 Å². The van der Waals surface area contributed by atoms with Gasteiger partial charge in [-0.1, -0.05) is 30.2 Å². The molecule has 0 atom stereocenters. The van der Waals surface area contributed by atoms with Crippen LogP contribution in [-0.4, -0.2) is 0 Å². The summed E-state index contributed by atoms with van der Waals surface area (Å²) in [7, 11) is 0. The van der Waals surface area contributed by atoms with E-state index in [2.05, 4.69) is 9.69 Å². The number of rotatable bonds is 0. The normalized spacial score (nSPS) is 8.67. The second kappa shape index (κ2) is 3.07. The smallest absolute Gasteiger partial charge is 0.197 e. The Morgan fingerprint density at radius 3 is 2.25 bits per heavy atom. The first-order valence-electron chi connectivity index (χ1n) is 3.55. The van der Waals surface area contributed by atoms with Crippen molar-refractivity contribution in [2.75, 3.05) is 0 Å². The zero-order chi connectivity index (χ0) is 9.14. The Labute approximate surface area is 72.1 Å². The number of hydrogen-bond donors (Lipinski definition) is 0. The van der Waals surface area contributed by atoms with Crippen molar-refractivity contribution in [1.29, 1.82) is 0 Å². The Morgan fingerprint density at radius 2 is 1.75 bits per heavy atom. The van der Waals surface area contributed by atoms with Crippen LogP contribution in [0.1, 0.15) is 11.1 Å². The van der Waals surface area contributed by atoms with E-state index in [0.29, 0.717) is 11.4 Å². The van der Waals surface area contributed by atoms with Crippen molar-refractivity contribution < 1.29 is 0 Å². The van der Waals surface area contributed by atoms with Gasteiger partial charge in [-0.05, 0) is 6.92 Å². The van der Waals surface area contributed by atoms with Gasteiger partial charge in [0.15, 0.2) is 11.4 Å². The number of aryl methyl sites for hydroxylation is 2. The maximum absolute atomic E-state index is 6.88. The van der Waals surface area contributed by atoms with Crippen molar-refractivity contribution in [3.8, 4) is 0 Å². The molecule has 0 radical (unpaired) electrons. The van der Waals surface area contributed by atoms with E-state index in [1.54, 1.807) is 6.07 Å². The fraction of sp³-hybridized carbons (Fsp3) is 0.200. The highest BCUT2D eigenvalue weighted by atomic mass is 14.8. The molecule has 0 aliphatic carbocycles. The van der Waals surface area contributed by atoms with Crippen LogP contribution in [0, 0.1) is 27.0 Å². The van der Waals surface area contributed by atoms with Gasteiger partial charge in [-0.25, -0.2) is 4.85 Å². The minimum absolute atomic E-state index is 0.461. The van der Waals surface area contributed by atoms with Crippen LogP contribution in [0.25, 0.3) is 9.69 Å². The fourth-order valence-electron chi connectivity index (χ4n) is 1.17. The molecule has 0 spiro atoms. The first kappa shape index (κ1) is 8.30. The van der Waals surface area contributed by atoms with Gasteiger partial charge < -0.3 is 0 Å². The van der Waals surface area contributed by atoms with Crippen molar-refractivity contribution in [3.63, 3.8) is 0 Å². The molecule has 0 N–H and O–H groups in total. The second-order valence-corrected chi connectivity index (χ2v) is 2.67. The zero-order valence-electron chi connectivity index (χ0n) is 7.05. The summed E-state index contributed by atoms with van der Waals surface area (Å²) >= 11 is 0. The maximum atomic E-state index is 6.88. The molecular formula is C10H8N2. The topological polar surface area (TPSA) is 8.72 Å². The molecule has 0 saturated heterocycles. The molecule has 0 aliphatic heterocycles. The number of hydrogen-bond acceptors (Lipinski definition) is 0. The molecule has 12 heavy (non-hydrogen) atoms. The predicted octanol–water partition coefficient (Wildman–Crippen LogP) is 3.41. The zero-order valence-corrected chi connectivity index (χ0v) is 7.05. The highest BCUT2D eigenvalue weighted by molar-refractivity contribution is 5.74. The van der Waals surface area contributed by atoms with E-state index < -0.39 is 0 Å². The highest BCUT2D eigenvalue weighted by Crippen LogP contribution is 2.32. The van der Waals surface area contributed by atoms with Crippen LogP contribution in [0.15, 0.2) is 12.1 Å². The molecule has 0 amide bonds. The molecular weight excluding hydrogens is 148 g/mol. The lowest BCUT2D eigenvalue weighted by molar-refractivity contribution is 1.40. The third-order valence-electron chi connectivity index (χ3n) is 1.66. The molecule has 58 valence electrons. The van der Waals surface area contributed by atoms with E-state index in [-0.39, 0.29) is 0 Å². The SMILES string of the molecule is [C-]#[N+]c1cc(C)cc(C)c1[N+]#[C-]. The predicted molar refractivity (Wildman–Crippen MR) is 48.4 cm³/mol. The van der Waals surface area contributed by atoms with E-state index >= 15 is 0 Å². The molecule has 1 rings (SSSR count). The van der Waals surface area contributed by atoms with E-state index in [4.69, 9.17) is 13.1 Å². The van der Waals surface area contributed by atoms with Crippen LogP contribution in [0.3, 0.4) is 0 Å². The van der Waals surface area contributed by atoms with E-state index in [9.17, 15) is 0 Å². The number of benzene rings is 1. The molecule has 2 nitrogen and oxygen atoms in total. The van der Waals surface area contributed by atoms with Crippen LogP contribution in [-0.2, 0) is 0 Å². The Morgan fingerprint density at radius 1 is 1.08 bits per heavy atom. The van der Waals surface area contributed by atoms with Crippen LogP contribution >= 0.6 is 0 Å². The van der Waals surface area contributed by atoms with Gasteiger partial charge in [0, 0.05) is 0 Å². The maximum Gasteiger partial charge on any atom is 0.197 e. The summed E-state index contributed by atoms with van der Waals surface area (Å²) in [6.45, 7) is 17.5. The van der Waals surface area contributed by atoms with Gasteiger partial charge in [-0.2, -0.15) is 0 Å². The lowest BCUT2D eigenvalue weighted by Gasteiger charge is -2.01.